The zero-order valence-electron chi connectivity index (χ0n) is 36.5. The van der Waals surface area contributed by atoms with Crippen LogP contribution < -0.4 is 0 Å². The number of benzene rings is 4. The summed E-state index contributed by atoms with van der Waals surface area (Å²) in [5, 5.41) is 0. The second-order valence-corrected chi connectivity index (χ2v) is 25.4. The number of hydrogen-bond acceptors (Lipinski definition) is 10. The third-order valence-corrected chi connectivity index (χ3v) is 16.6. The van der Waals surface area contributed by atoms with Crippen molar-refractivity contribution in [2.45, 2.75) is 96.1 Å². The van der Waals surface area contributed by atoms with E-state index in [-0.39, 0.29) is 21.6 Å². The average Bonchev–Trinajstić information content (AvgIpc) is 3.21. The summed E-state index contributed by atoms with van der Waals surface area (Å²) in [5.74, 6) is 1.38. The fourth-order valence-electron chi connectivity index (χ4n) is 8.72. The number of nitrogens with zero attached hydrogens (tertiary/aromatic N) is 2. The van der Waals surface area contributed by atoms with Gasteiger partial charge in [0.25, 0.3) is 0 Å². The van der Waals surface area contributed by atoms with Crippen LogP contribution in [0.15, 0.2) is 117 Å². The fraction of sp³-hybridized carbons (Fsp3) is 0.489. The molecule has 0 bridgehead atoms. The van der Waals surface area contributed by atoms with E-state index in [1.54, 1.807) is 60.7 Å². The van der Waals surface area contributed by atoms with Gasteiger partial charge in [-0.2, -0.15) is 0 Å². The van der Waals surface area contributed by atoms with Crippen molar-refractivity contribution in [3.05, 3.63) is 119 Å². The lowest BCUT2D eigenvalue weighted by Crippen LogP contribution is -2.36. The molecule has 0 aromatic heterocycles. The van der Waals surface area contributed by atoms with Gasteiger partial charge in [-0.15, -0.1) is 0 Å². The molecule has 6 rings (SSSR count). The number of rotatable bonds is 15. The minimum atomic E-state index is -3.40. The third-order valence-electron chi connectivity index (χ3n) is 12.2. The molecule has 0 saturated carbocycles. The van der Waals surface area contributed by atoms with E-state index in [4.69, 9.17) is 0 Å². The zero-order chi connectivity index (χ0) is 44.6. The molecule has 2 fully saturated rings. The molecule has 0 spiro atoms. The van der Waals surface area contributed by atoms with Crippen LogP contribution in [0.5, 0.6) is 0 Å². The van der Waals surface area contributed by atoms with E-state index >= 15 is 0 Å². The highest BCUT2D eigenvalue weighted by Gasteiger charge is 2.25. The molecule has 61 heavy (non-hydrogen) atoms. The van der Waals surface area contributed by atoms with Crippen molar-refractivity contribution in [3.63, 3.8) is 0 Å². The van der Waals surface area contributed by atoms with Gasteiger partial charge in [0.1, 0.15) is 0 Å². The average molecular weight is 913 g/mol. The Morgan fingerprint density at radius 1 is 0.508 bits per heavy atom. The standard InChI is InChI=1S/C29H35NO6S3.C18H29NO2S/c1-37(31,32)26-10-4-7-23(19-26)22-13-16-30(17-14-22)18-15-29(24-8-5-11-27(20-24)38(2,33)34)25-9-6-12-28(21-25)39(3,35)36;1-4-6-15(2)14-19-11-9-16(10-12-19)17-7-5-8-18(13-17)22(3,20)21/h4-12,19-22,29H,13-18H2,1-3H3;5,7-8,13,15-16H,4,6,9-12,14H2,1-3H3. The molecule has 10 nitrogen and oxygen atoms in total. The number of piperidine rings is 2. The van der Waals surface area contributed by atoms with Crippen molar-refractivity contribution in [3.8, 4) is 0 Å². The van der Waals surface area contributed by atoms with E-state index in [0.29, 0.717) is 22.1 Å². The topological polar surface area (TPSA) is 143 Å². The molecule has 0 radical (unpaired) electrons. The van der Waals surface area contributed by atoms with Crippen LogP contribution in [0.3, 0.4) is 0 Å². The normalized spacial score (nSPS) is 17.2. The van der Waals surface area contributed by atoms with Gasteiger partial charge in [-0.25, -0.2) is 33.7 Å². The van der Waals surface area contributed by atoms with Crippen molar-refractivity contribution in [2.75, 3.05) is 64.3 Å². The molecule has 2 aliphatic heterocycles. The molecule has 0 aliphatic carbocycles. The molecule has 0 amide bonds. The maximum Gasteiger partial charge on any atom is 0.175 e. The number of hydrogen-bond donors (Lipinski definition) is 0. The van der Waals surface area contributed by atoms with Crippen molar-refractivity contribution >= 4 is 39.3 Å². The summed E-state index contributed by atoms with van der Waals surface area (Å²) in [6.45, 7) is 10.5. The van der Waals surface area contributed by atoms with Gasteiger partial charge in [-0.05, 0) is 160 Å². The molecule has 2 heterocycles. The number of sulfone groups is 4. The van der Waals surface area contributed by atoms with E-state index in [1.165, 1.54) is 50.0 Å². The lowest BCUT2D eigenvalue weighted by Gasteiger charge is -2.33. The molecule has 4 aromatic carbocycles. The Balaban J connectivity index is 0.000000271. The summed E-state index contributed by atoms with van der Waals surface area (Å²) < 4.78 is 96.3. The minimum Gasteiger partial charge on any atom is -0.303 e. The lowest BCUT2D eigenvalue weighted by molar-refractivity contribution is 0.183. The van der Waals surface area contributed by atoms with Gasteiger partial charge in [0.2, 0.25) is 0 Å². The van der Waals surface area contributed by atoms with Crippen LogP contribution in [-0.2, 0) is 39.3 Å². The summed E-state index contributed by atoms with van der Waals surface area (Å²) in [7, 11) is -13.2. The summed E-state index contributed by atoms with van der Waals surface area (Å²) in [4.78, 5) is 6.20. The summed E-state index contributed by atoms with van der Waals surface area (Å²) in [6.07, 6.45) is 12.2. The summed E-state index contributed by atoms with van der Waals surface area (Å²) >= 11 is 0. The highest BCUT2D eigenvalue weighted by molar-refractivity contribution is 7.91. The van der Waals surface area contributed by atoms with Gasteiger partial charge < -0.3 is 9.80 Å². The molecule has 14 heteroatoms. The second-order valence-electron chi connectivity index (χ2n) is 17.3. The first-order valence-corrected chi connectivity index (χ1v) is 28.8. The van der Waals surface area contributed by atoms with Crippen molar-refractivity contribution in [2.24, 2.45) is 5.92 Å². The highest BCUT2D eigenvalue weighted by Crippen LogP contribution is 2.34. The second kappa shape index (κ2) is 20.9. The predicted octanol–water partition coefficient (Wildman–Crippen LogP) is 8.00. The van der Waals surface area contributed by atoms with Gasteiger partial charge in [-0.1, -0.05) is 68.8 Å². The smallest absolute Gasteiger partial charge is 0.175 e. The Labute approximate surface area is 366 Å². The molecule has 1 atom stereocenters. The van der Waals surface area contributed by atoms with Crippen molar-refractivity contribution in [1.82, 2.24) is 9.80 Å². The van der Waals surface area contributed by atoms with Crippen LogP contribution in [0.25, 0.3) is 0 Å². The monoisotopic (exact) mass is 912 g/mol. The molecule has 334 valence electrons. The van der Waals surface area contributed by atoms with E-state index in [2.05, 4.69) is 29.7 Å². The first-order valence-electron chi connectivity index (χ1n) is 21.3. The lowest BCUT2D eigenvalue weighted by atomic mass is 9.87. The van der Waals surface area contributed by atoms with Gasteiger partial charge in [-0.3, -0.25) is 0 Å². The summed E-state index contributed by atoms with van der Waals surface area (Å²) in [6, 6.07) is 28.5. The van der Waals surface area contributed by atoms with Gasteiger partial charge in [0.15, 0.2) is 39.3 Å². The summed E-state index contributed by atoms with van der Waals surface area (Å²) in [5.41, 5.74) is 3.89. The van der Waals surface area contributed by atoms with Gasteiger partial charge in [0, 0.05) is 37.5 Å². The first kappa shape index (κ1) is 48.6. The van der Waals surface area contributed by atoms with Crippen LogP contribution in [0.4, 0.5) is 0 Å². The SMILES string of the molecule is CCCC(C)CN1CCC(c2cccc(S(C)(=O)=O)c2)CC1.CS(=O)(=O)c1cccc(C2CCN(CCC(c3cccc(S(C)(=O)=O)c3)c3cccc(S(C)(=O)=O)c3)CC2)c1. The van der Waals surface area contributed by atoms with Gasteiger partial charge in [0.05, 0.1) is 19.6 Å². The van der Waals surface area contributed by atoms with Crippen LogP contribution >= 0.6 is 0 Å². The van der Waals surface area contributed by atoms with E-state index in [0.717, 1.165) is 81.0 Å². The van der Waals surface area contributed by atoms with E-state index in [9.17, 15) is 33.7 Å². The van der Waals surface area contributed by atoms with Crippen LogP contribution in [0, 0.1) is 5.92 Å². The van der Waals surface area contributed by atoms with Crippen LogP contribution in [0.2, 0.25) is 0 Å². The largest absolute Gasteiger partial charge is 0.303 e. The molecular weight excluding hydrogens is 849 g/mol. The van der Waals surface area contributed by atoms with Crippen molar-refractivity contribution < 1.29 is 33.7 Å². The quantitative estimate of drug-likeness (QED) is 0.115. The third kappa shape index (κ3) is 14.3. The predicted molar refractivity (Wildman–Crippen MR) is 246 cm³/mol. The Hall–Kier alpha value is -3.40. The van der Waals surface area contributed by atoms with Crippen molar-refractivity contribution in [1.29, 1.82) is 0 Å². The molecular formula is C47H64N2O8S4. The molecule has 2 aliphatic rings. The fourth-order valence-corrected chi connectivity index (χ4v) is 11.4. The Kier molecular flexibility index (Phi) is 16.6. The highest BCUT2D eigenvalue weighted by atomic mass is 32.2. The molecule has 0 N–H and O–H groups in total. The zero-order valence-corrected chi connectivity index (χ0v) is 39.8. The maximum atomic E-state index is 12.2. The Bertz CT molecular complexity index is 2470. The molecule has 2 saturated heterocycles. The first-order chi connectivity index (χ1) is 28.6. The van der Waals surface area contributed by atoms with E-state index in [1.807, 2.05) is 30.3 Å². The molecule has 4 aromatic rings. The van der Waals surface area contributed by atoms with Gasteiger partial charge >= 0.3 is 0 Å². The Morgan fingerprint density at radius 2 is 0.869 bits per heavy atom. The van der Waals surface area contributed by atoms with E-state index < -0.39 is 39.3 Å². The minimum absolute atomic E-state index is 0.183. The van der Waals surface area contributed by atoms with Crippen LogP contribution in [-0.4, -0.2) is 108 Å². The maximum absolute atomic E-state index is 12.2. The molecule has 1 unspecified atom stereocenters. The van der Waals surface area contributed by atoms with Crippen LogP contribution in [0.1, 0.15) is 98.8 Å². The Morgan fingerprint density at radius 3 is 1.25 bits per heavy atom. The number of likely N-dealkylation sites (tertiary alicyclic amines) is 2.